The second-order valence-corrected chi connectivity index (χ2v) is 4.47. The Morgan fingerprint density at radius 3 is 2.84 bits per heavy atom. The third kappa shape index (κ3) is 4.75. The molecule has 0 aliphatic heterocycles. The van der Waals surface area contributed by atoms with Gasteiger partial charge in [-0.25, -0.2) is 0 Å². The number of hydrogen-bond acceptors (Lipinski definition) is 4. The largest absolute Gasteiger partial charge is 0.477 e. The van der Waals surface area contributed by atoms with E-state index in [2.05, 4.69) is 5.32 Å². The zero-order valence-corrected chi connectivity index (χ0v) is 11.4. The molecule has 6 nitrogen and oxygen atoms in total. The summed E-state index contributed by atoms with van der Waals surface area (Å²) in [6, 6.07) is 4.06. The molecule has 0 heterocycles. The summed E-state index contributed by atoms with van der Waals surface area (Å²) in [7, 11) is 0. The predicted octanol–water partition coefficient (Wildman–Crippen LogP) is 2.54. The van der Waals surface area contributed by atoms with Crippen LogP contribution in [0, 0.1) is 10.1 Å². The Bertz CT molecular complexity index is 479. The standard InChI is InChI=1S/C12H15ClN2O4/c1-3-8(2)14-12(16)7-19-11-5-4-9(13)6-10(11)15(17)18/h4-6,8H,3,7H2,1-2H3,(H,14,16). The molecular formula is C12H15ClN2O4. The van der Waals surface area contributed by atoms with Crippen LogP contribution >= 0.6 is 11.6 Å². The molecule has 1 N–H and O–H groups in total. The Kier molecular flexibility index (Phi) is 5.57. The molecule has 0 fully saturated rings. The number of ether oxygens (including phenoxy) is 1. The highest BCUT2D eigenvalue weighted by Gasteiger charge is 2.17. The van der Waals surface area contributed by atoms with Gasteiger partial charge in [-0.05, 0) is 25.5 Å². The molecule has 0 aliphatic carbocycles. The third-order valence-electron chi connectivity index (χ3n) is 2.50. The lowest BCUT2D eigenvalue weighted by atomic mass is 10.2. The van der Waals surface area contributed by atoms with Crippen LogP contribution in [0.1, 0.15) is 20.3 Å². The lowest BCUT2D eigenvalue weighted by molar-refractivity contribution is -0.385. The van der Waals surface area contributed by atoms with E-state index in [0.717, 1.165) is 6.42 Å². The molecule has 1 amide bonds. The van der Waals surface area contributed by atoms with Crippen molar-refractivity contribution in [2.24, 2.45) is 0 Å². The second-order valence-electron chi connectivity index (χ2n) is 4.03. The lowest BCUT2D eigenvalue weighted by Gasteiger charge is -2.12. The van der Waals surface area contributed by atoms with Crippen LogP contribution in [-0.4, -0.2) is 23.5 Å². The van der Waals surface area contributed by atoms with Crippen LogP contribution in [0.2, 0.25) is 5.02 Å². The summed E-state index contributed by atoms with van der Waals surface area (Å²) in [4.78, 5) is 21.7. The lowest BCUT2D eigenvalue weighted by Crippen LogP contribution is -2.35. The fourth-order valence-electron chi connectivity index (χ4n) is 1.32. The van der Waals surface area contributed by atoms with Gasteiger partial charge in [0.15, 0.2) is 12.4 Å². The number of nitro groups is 1. The fraction of sp³-hybridized carbons (Fsp3) is 0.417. The molecular weight excluding hydrogens is 272 g/mol. The van der Waals surface area contributed by atoms with Crippen LogP contribution < -0.4 is 10.1 Å². The molecule has 1 atom stereocenters. The number of nitrogens with zero attached hydrogens (tertiary/aromatic N) is 1. The topological polar surface area (TPSA) is 81.5 Å². The van der Waals surface area contributed by atoms with E-state index < -0.39 is 4.92 Å². The summed E-state index contributed by atoms with van der Waals surface area (Å²) >= 11 is 5.67. The van der Waals surface area contributed by atoms with Gasteiger partial charge in [-0.15, -0.1) is 0 Å². The number of nitrogens with one attached hydrogen (secondary N) is 1. The minimum absolute atomic E-state index is 0.0219. The maximum Gasteiger partial charge on any atom is 0.312 e. The molecule has 0 radical (unpaired) electrons. The number of hydrogen-bond donors (Lipinski definition) is 1. The molecule has 104 valence electrons. The quantitative estimate of drug-likeness (QED) is 0.643. The summed E-state index contributed by atoms with van der Waals surface area (Å²) in [5, 5.41) is 13.7. The van der Waals surface area contributed by atoms with Gasteiger partial charge in [-0.3, -0.25) is 14.9 Å². The van der Waals surface area contributed by atoms with Gasteiger partial charge in [0.1, 0.15) is 0 Å². The van der Waals surface area contributed by atoms with Gasteiger partial charge in [-0.2, -0.15) is 0 Å². The number of nitro benzene ring substituents is 1. The van der Waals surface area contributed by atoms with Gasteiger partial charge in [0.2, 0.25) is 0 Å². The Morgan fingerprint density at radius 2 is 2.26 bits per heavy atom. The summed E-state index contributed by atoms with van der Waals surface area (Å²) in [6.45, 7) is 3.53. The highest BCUT2D eigenvalue weighted by atomic mass is 35.5. The van der Waals surface area contributed by atoms with E-state index in [0.29, 0.717) is 0 Å². The van der Waals surface area contributed by atoms with Gasteiger partial charge in [-0.1, -0.05) is 18.5 Å². The molecule has 1 aromatic carbocycles. The molecule has 0 saturated carbocycles. The van der Waals surface area contributed by atoms with E-state index in [1.165, 1.54) is 18.2 Å². The predicted molar refractivity (Wildman–Crippen MR) is 71.5 cm³/mol. The van der Waals surface area contributed by atoms with Crippen molar-refractivity contribution >= 4 is 23.2 Å². The van der Waals surface area contributed by atoms with E-state index in [9.17, 15) is 14.9 Å². The Hall–Kier alpha value is -1.82. The molecule has 1 rings (SSSR count). The van der Waals surface area contributed by atoms with Crippen molar-refractivity contribution in [1.29, 1.82) is 0 Å². The Balaban J connectivity index is 2.67. The van der Waals surface area contributed by atoms with E-state index in [4.69, 9.17) is 16.3 Å². The maximum absolute atomic E-state index is 11.5. The first-order valence-corrected chi connectivity index (χ1v) is 6.18. The molecule has 7 heteroatoms. The summed E-state index contributed by atoms with van der Waals surface area (Å²) in [6.07, 6.45) is 0.798. The summed E-state index contributed by atoms with van der Waals surface area (Å²) < 4.78 is 5.15. The molecule has 1 unspecified atom stereocenters. The minimum Gasteiger partial charge on any atom is -0.477 e. The first kappa shape index (κ1) is 15.2. The summed E-state index contributed by atoms with van der Waals surface area (Å²) in [5.74, 6) is -0.299. The van der Waals surface area contributed by atoms with Gasteiger partial charge < -0.3 is 10.1 Å². The molecule has 0 aliphatic rings. The van der Waals surface area contributed by atoms with E-state index in [1.807, 2.05) is 13.8 Å². The number of amides is 1. The van der Waals surface area contributed by atoms with E-state index >= 15 is 0 Å². The van der Waals surface area contributed by atoms with Gasteiger partial charge in [0, 0.05) is 17.1 Å². The van der Waals surface area contributed by atoms with Crippen LogP contribution in [0.4, 0.5) is 5.69 Å². The number of benzene rings is 1. The van der Waals surface area contributed by atoms with Crippen LogP contribution in [0.5, 0.6) is 5.75 Å². The van der Waals surface area contributed by atoms with E-state index in [-0.39, 0.29) is 35.0 Å². The number of rotatable bonds is 6. The monoisotopic (exact) mass is 286 g/mol. The highest BCUT2D eigenvalue weighted by molar-refractivity contribution is 6.30. The van der Waals surface area contributed by atoms with Crippen LogP contribution in [-0.2, 0) is 4.79 Å². The molecule has 0 bridgehead atoms. The van der Waals surface area contributed by atoms with Crippen molar-refractivity contribution in [3.8, 4) is 5.75 Å². The fourth-order valence-corrected chi connectivity index (χ4v) is 1.48. The first-order chi connectivity index (χ1) is 8.93. The van der Waals surface area contributed by atoms with Crippen molar-refractivity contribution in [3.63, 3.8) is 0 Å². The molecule has 0 aromatic heterocycles. The zero-order chi connectivity index (χ0) is 14.4. The number of carbonyl (C=O) groups is 1. The van der Waals surface area contributed by atoms with Crippen molar-refractivity contribution in [2.45, 2.75) is 26.3 Å². The molecule has 1 aromatic rings. The average Bonchev–Trinajstić information content (AvgIpc) is 2.36. The number of halogens is 1. The maximum atomic E-state index is 11.5. The molecule has 0 saturated heterocycles. The third-order valence-corrected chi connectivity index (χ3v) is 2.73. The van der Waals surface area contributed by atoms with Crippen LogP contribution in [0.25, 0.3) is 0 Å². The van der Waals surface area contributed by atoms with Crippen molar-refractivity contribution in [1.82, 2.24) is 5.32 Å². The average molecular weight is 287 g/mol. The number of carbonyl (C=O) groups excluding carboxylic acids is 1. The van der Waals surface area contributed by atoms with Crippen molar-refractivity contribution in [3.05, 3.63) is 33.3 Å². The van der Waals surface area contributed by atoms with Gasteiger partial charge in [0.05, 0.1) is 4.92 Å². The van der Waals surface area contributed by atoms with Crippen molar-refractivity contribution in [2.75, 3.05) is 6.61 Å². The normalized spacial score (nSPS) is 11.7. The van der Waals surface area contributed by atoms with Crippen LogP contribution in [0.15, 0.2) is 18.2 Å². The van der Waals surface area contributed by atoms with Gasteiger partial charge >= 0.3 is 5.69 Å². The molecule has 19 heavy (non-hydrogen) atoms. The first-order valence-electron chi connectivity index (χ1n) is 5.80. The smallest absolute Gasteiger partial charge is 0.312 e. The molecule has 0 spiro atoms. The van der Waals surface area contributed by atoms with Gasteiger partial charge in [0.25, 0.3) is 5.91 Å². The SMILES string of the molecule is CCC(C)NC(=O)COc1ccc(Cl)cc1[N+](=O)[O-]. The zero-order valence-electron chi connectivity index (χ0n) is 10.7. The summed E-state index contributed by atoms with van der Waals surface area (Å²) in [5.41, 5.74) is -0.260. The Labute approximate surface area is 115 Å². The minimum atomic E-state index is -0.603. The Morgan fingerprint density at radius 1 is 1.58 bits per heavy atom. The van der Waals surface area contributed by atoms with E-state index in [1.54, 1.807) is 0 Å². The highest BCUT2D eigenvalue weighted by Crippen LogP contribution is 2.29. The van der Waals surface area contributed by atoms with Crippen molar-refractivity contribution < 1.29 is 14.5 Å². The van der Waals surface area contributed by atoms with Crippen LogP contribution in [0.3, 0.4) is 0 Å². The second kappa shape index (κ2) is 6.94.